The molecule has 0 fully saturated rings. The van der Waals surface area contributed by atoms with E-state index in [9.17, 15) is 0 Å². The first kappa shape index (κ1) is 7.57. The van der Waals surface area contributed by atoms with Crippen LogP contribution < -0.4 is 0 Å². The summed E-state index contributed by atoms with van der Waals surface area (Å²) >= 11 is 2.00. The van der Waals surface area contributed by atoms with Crippen LogP contribution >= 0.6 is 11.3 Å². The molecule has 0 N–H and O–H groups in total. The summed E-state index contributed by atoms with van der Waals surface area (Å²) in [7, 11) is 0. The fourth-order valence-electron chi connectivity index (χ4n) is 2.21. The van der Waals surface area contributed by atoms with E-state index in [1.54, 1.807) is 10.4 Å². The second-order valence-corrected chi connectivity index (χ2v) is 4.84. The average Bonchev–Trinajstić information content (AvgIpc) is 2.56. The Morgan fingerprint density at radius 3 is 2.85 bits per heavy atom. The van der Waals surface area contributed by atoms with Crippen LogP contribution in [0.15, 0.2) is 24.3 Å². The van der Waals surface area contributed by atoms with E-state index in [1.807, 2.05) is 11.3 Å². The van der Waals surface area contributed by atoms with Crippen LogP contribution in [0.1, 0.15) is 23.3 Å². The van der Waals surface area contributed by atoms with Crippen LogP contribution in [-0.2, 0) is 12.8 Å². The summed E-state index contributed by atoms with van der Waals surface area (Å²) in [6.07, 6.45) is 5.39. The summed E-state index contributed by atoms with van der Waals surface area (Å²) in [5, 5.41) is 1.52. The molecule has 1 aliphatic carbocycles. The van der Waals surface area contributed by atoms with E-state index in [0.717, 1.165) is 0 Å². The molecule has 1 aliphatic rings. The number of hydrogen-bond donors (Lipinski definition) is 0. The first-order valence-electron chi connectivity index (χ1n) is 4.94. The molecule has 0 unspecified atom stereocenters. The highest BCUT2D eigenvalue weighted by atomic mass is 32.1. The lowest BCUT2D eigenvalue weighted by molar-refractivity contribution is 0.700. The van der Waals surface area contributed by atoms with Gasteiger partial charge in [-0.1, -0.05) is 18.2 Å². The molecule has 0 saturated heterocycles. The largest absolute Gasteiger partial charge is 0.140 e. The van der Waals surface area contributed by atoms with Gasteiger partial charge in [-0.2, -0.15) is 0 Å². The number of hydrogen-bond acceptors (Lipinski definition) is 1. The summed E-state index contributed by atoms with van der Waals surface area (Å²) in [5.74, 6) is 0. The van der Waals surface area contributed by atoms with Gasteiger partial charge in [-0.25, -0.2) is 0 Å². The maximum Gasteiger partial charge on any atom is 0.0348 e. The lowest BCUT2D eigenvalue weighted by Crippen LogP contribution is -1.97. The van der Waals surface area contributed by atoms with Gasteiger partial charge in [0.2, 0.25) is 0 Å². The molecular weight excluding hydrogens is 176 g/mol. The van der Waals surface area contributed by atoms with Gasteiger partial charge in [0.1, 0.15) is 0 Å². The van der Waals surface area contributed by atoms with Gasteiger partial charge in [-0.15, -0.1) is 11.3 Å². The molecule has 0 saturated carbocycles. The molecule has 1 aromatic heterocycles. The topological polar surface area (TPSA) is 0 Å². The molecule has 0 radical (unpaired) electrons. The highest BCUT2D eigenvalue weighted by molar-refractivity contribution is 7.19. The van der Waals surface area contributed by atoms with Crippen molar-refractivity contribution in [1.29, 1.82) is 0 Å². The Labute approximate surface area is 82.2 Å². The summed E-state index contributed by atoms with van der Waals surface area (Å²) in [4.78, 5) is 1.65. The van der Waals surface area contributed by atoms with Gasteiger partial charge in [0.25, 0.3) is 0 Å². The zero-order valence-electron chi connectivity index (χ0n) is 7.55. The summed E-state index contributed by atoms with van der Waals surface area (Å²) in [6, 6.07) is 8.82. The molecule has 0 spiro atoms. The summed E-state index contributed by atoms with van der Waals surface area (Å²) in [5.41, 5.74) is 1.65. The zero-order chi connectivity index (χ0) is 8.67. The number of rotatable bonds is 0. The SMILES string of the molecule is c1ccc2c3c(sc2c1)CCCC3. The molecule has 1 aromatic carbocycles. The number of benzene rings is 1. The van der Waals surface area contributed by atoms with E-state index in [0.29, 0.717) is 0 Å². The fourth-order valence-corrected chi connectivity index (χ4v) is 3.51. The second kappa shape index (κ2) is 2.85. The van der Waals surface area contributed by atoms with E-state index < -0.39 is 0 Å². The predicted molar refractivity (Wildman–Crippen MR) is 58.5 cm³/mol. The lowest BCUT2D eigenvalue weighted by atomic mass is 9.96. The maximum atomic E-state index is 2.27. The molecule has 0 nitrogen and oxygen atoms in total. The van der Waals surface area contributed by atoms with Crippen LogP contribution in [0, 0.1) is 0 Å². The van der Waals surface area contributed by atoms with Gasteiger partial charge in [0.15, 0.2) is 0 Å². The Kier molecular flexibility index (Phi) is 1.66. The van der Waals surface area contributed by atoms with Crippen molar-refractivity contribution >= 4 is 21.4 Å². The number of thiophene rings is 1. The monoisotopic (exact) mass is 188 g/mol. The Balaban J connectivity index is 2.34. The first-order valence-corrected chi connectivity index (χ1v) is 5.76. The van der Waals surface area contributed by atoms with Gasteiger partial charge < -0.3 is 0 Å². The van der Waals surface area contributed by atoms with Crippen LogP contribution in [0.5, 0.6) is 0 Å². The third-order valence-electron chi connectivity index (χ3n) is 2.86. The van der Waals surface area contributed by atoms with Crippen molar-refractivity contribution < 1.29 is 0 Å². The fraction of sp³-hybridized carbons (Fsp3) is 0.333. The van der Waals surface area contributed by atoms with Gasteiger partial charge in [-0.05, 0) is 42.7 Å². The molecule has 66 valence electrons. The quantitative estimate of drug-likeness (QED) is 0.590. The van der Waals surface area contributed by atoms with E-state index in [4.69, 9.17) is 0 Å². The standard InChI is InChI=1S/C12H12S/c1-3-7-11-9(5-1)10-6-2-4-8-12(10)13-11/h1,3,5,7H,2,4,6,8H2. The third-order valence-corrected chi connectivity index (χ3v) is 4.14. The minimum Gasteiger partial charge on any atom is -0.140 e. The van der Waals surface area contributed by atoms with Crippen LogP contribution in [-0.4, -0.2) is 0 Å². The number of aryl methyl sites for hydroxylation is 2. The smallest absolute Gasteiger partial charge is 0.0348 e. The molecule has 0 atom stereocenters. The Morgan fingerprint density at radius 1 is 1.00 bits per heavy atom. The van der Waals surface area contributed by atoms with Crippen LogP contribution in [0.3, 0.4) is 0 Å². The highest BCUT2D eigenvalue weighted by Crippen LogP contribution is 2.35. The van der Waals surface area contributed by atoms with Crippen LogP contribution in [0.4, 0.5) is 0 Å². The molecule has 13 heavy (non-hydrogen) atoms. The predicted octanol–water partition coefficient (Wildman–Crippen LogP) is 3.78. The normalized spacial score (nSPS) is 16.0. The molecule has 2 aromatic rings. The van der Waals surface area contributed by atoms with Crippen LogP contribution in [0.2, 0.25) is 0 Å². The summed E-state index contributed by atoms with van der Waals surface area (Å²) < 4.78 is 1.48. The Morgan fingerprint density at radius 2 is 1.85 bits per heavy atom. The zero-order valence-corrected chi connectivity index (χ0v) is 8.36. The van der Waals surface area contributed by atoms with Crippen molar-refractivity contribution in [1.82, 2.24) is 0 Å². The minimum atomic E-state index is 1.30. The molecule has 0 aliphatic heterocycles. The average molecular weight is 188 g/mol. The van der Waals surface area contributed by atoms with E-state index >= 15 is 0 Å². The van der Waals surface area contributed by atoms with Crippen molar-refractivity contribution in [3.05, 3.63) is 34.7 Å². The van der Waals surface area contributed by atoms with E-state index in [1.165, 1.54) is 35.8 Å². The van der Waals surface area contributed by atoms with Gasteiger partial charge in [0, 0.05) is 9.58 Å². The Bertz CT molecular complexity index is 439. The van der Waals surface area contributed by atoms with E-state index in [-0.39, 0.29) is 0 Å². The molecule has 0 bridgehead atoms. The lowest BCUT2D eigenvalue weighted by Gasteiger charge is -2.09. The Hall–Kier alpha value is -0.820. The number of fused-ring (bicyclic) bond motifs is 3. The van der Waals surface area contributed by atoms with Crippen molar-refractivity contribution in [2.75, 3.05) is 0 Å². The summed E-state index contributed by atoms with van der Waals surface area (Å²) in [6.45, 7) is 0. The third kappa shape index (κ3) is 1.11. The van der Waals surface area contributed by atoms with Gasteiger partial charge in [0.05, 0.1) is 0 Å². The molecule has 3 rings (SSSR count). The second-order valence-electron chi connectivity index (χ2n) is 3.71. The van der Waals surface area contributed by atoms with Crippen LogP contribution in [0.25, 0.3) is 10.1 Å². The van der Waals surface area contributed by atoms with Crippen molar-refractivity contribution in [2.24, 2.45) is 0 Å². The molecule has 1 heterocycles. The minimum absolute atomic E-state index is 1.30. The van der Waals surface area contributed by atoms with Crippen molar-refractivity contribution in [2.45, 2.75) is 25.7 Å². The van der Waals surface area contributed by atoms with Gasteiger partial charge >= 0.3 is 0 Å². The van der Waals surface area contributed by atoms with E-state index in [2.05, 4.69) is 24.3 Å². The first-order chi connectivity index (χ1) is 6.45. The molecule has 1 heteroatoms. The van der Waals surface area contributed by atoms with Crippen molar-refractivity contribution in [3.63, 3.8) is 0 Å². The molecular formula is C12H12S. The highest BCUT2D eigenvalue weighted by Gasteiger charge is 2.14. The van der Waals surface area contributed by atoms with Crippen molar-refractivity contribution in [3.8, 4) is 0 Å². The van der Waals surface area contributed by atoms with Gasteiger partial charge in [-0.3, -0.25) is 0 Å². The maximum absolute atomic E-state index is 2.27. The molecule has 0 amide bonds.